The first-order valence-corrected chi connectivity index (χ1v) is 10.1. The minimum Gasteiger partial charge on any atom is -0.497 e. The summed E-state index contributed by atoms with van der Waals surface area (Å²) in [4.78, 5) is 13.0. The molecule has 4 rings (SSSR count). The Bertz CT molecular complexity index is 1130. The van der Waals surface area contributed by atoms with E-state index in [4.69, 9.17) is 4.74 Å². The number of carbonyl (C=O) groups excluding carboxylic acids is 1. The SMILES string of the molecule is COc1cccc(Cn2c(C(=O)NCc3cccc(C)c3)cc3sccc32)c1. The second-order valence-corrected chi connectivity index (χ2v) is 7.76. The van der Waals surface area contributed by atoms with E-state index in [0.717, 1.165) is 27.1 Å². The molecule has 0 fully saturated rings. The molecule has 0 radical (unpaired) electrons. The topological polar surface area (TPSA) is 43.3 Å². The molecular weight excluding hydrogens is 368 g/mol. The number of aryl methyl sites for hydroxylation is 1. The quantitative estimate of drug-likeness (QED) is 0.504. The molecule has 0 spiro atoms. The van der Waals surface area contributed by atoms with E-state index < -0.39 is 0 Å². The number of fused-ring (bicyclic) bond motifs is 1. The van der Waals surface area contributed by atoms with Crippen molar-refractivity contribution in [2.24, 2.45) is 0 Å². The predicted molar refractivity (Wildman–Crippen MR) is 114 cm³/mol. The lowest BCUT2D eigenvalue weighted by molar-refractivity contribution is 0.0942. The number of thiophene rings is 1. The fourth-order valence-electron chi connectivity index (χ4n) is 3.38. The van der Waals surface area contributed by atoms with Crippen molar-refractivity contribution in [2.45, 2.75) is 20.0 Å². The van der Waals surface area contributed by atoms with Gasteiger partial charge in [-0.05, 0) is 47.7 Å². The van der Waals surface area contributed by atoms with Crippen LogP contribution in [0.15, 0.2) is 66.0 Å². The summed E-state index contributed by atoms with van der Waals surface area (Å²) < 4.78 is 8.52. The third kappa shape index (κ3) is 3.80. The van der Waals surface area contributed by atoms with Gasteiger partial charge >= 0.3 is 0 Å². The summed E-state index contributed by atoms with van der Waals surface area (Å²) in [6.07, 6.45) is 0. The van der Waals surface area contributed by atoms with E-state index >= 15 is 0 Å². The maximum atomic E-state index is 13.0. The van der Waals surface area contributed by atoms with Gasteiger partial charge < -0.3 is 14.6 Å². The average molecular weight is 391 g/mol. The van der Waals surface area contributed by atoms with Gasteiger partial charge in [0.25, 0.3) is 5.91 Å². The molecule has 28 heavy (non-hydrogen) atoms. The molecule has 2 aromatic carbocycles. The van der Waals surface area contributed by atoms with Crippen LogP contribution in [0.1, 0.15) is 27.2 Å². The van der Waals surface area contributed by atoms with Crippen LogP contribution in [0.4, 0.5) is 0 Å². The lowest BCUT2D eigenvalue weighted by atomic mass is 10.1. The molecule has 0 aliphatic heterocycles. The predicted octanol–water partition coefficient (Wildman–Crippen LogP) is 5.00. The van der Waals surface area contributed by atoms with Gasteiger partial charge in [-0.3, -0.25) is 4.79 Å². The van der Waals surface area contributed by atoms with Crippen molar-refractivity contribution >= 4 is 27.5 Å². The summed E-state index contributed by atoms with van der Waals surface area (Å²) >= 11 is 1.65. The van der Waals surface area contributed by atoms with Crippen LogP contribution < -0.4 is 10.1 Å². The number of hydrogen-bond donors (Lipinski definition) is 1. The molecule has 0 bridgehead atoms. The fraction of sp³-hybridized carbons (Fsp3) is 0.174. The van der Waals surface area contributed by atoms with Crippen molar-refractivity contribution in [3.63, 3.8) is 0 Å². The Labute approximate surface area is 168 Å². The molecule has 0 unspecified atom stereocenters. The second kappa shape index (κ2) is 7.90. The normalized spacial score (nSPS) is 10.9. The number of ether oxygens (including phenoxy) is 1. The molecule has 5 heteroatoms. The van der Waals surface area contributed by atoms with Gasteiger partial charge in [0.15, 0.2) is 0 Å². The highest BCUT2D eigenvalue weighted by Gasteiger charge is 2.17. The highest BCUT2D eigenvalue weighted by atomic mass is 32.1. The molecule has 4 aromatic rings. The van der Waals surface area contributed by atoms with Crippen molar-refractivity contribution in [1.82, 2.24) is 9.88 Å². The van der Waals surface area contributed by atoms with Crippen LogP contribution >= 0.6 is 11.3 Å². The van der Waals surface area contributed by atoms with E-state index in [1.807, 2.05) is 36.4 Å². The number of nitrogens with zero attached hydrogens (tertiary/aromatic N) is 1. The minimum absolute atomic E-state index is 0.0622. The van der Waals surface area contributed by atoms with Crippen molar-refractivity contribution in [2.75, 3.05) is 7.11 Å². The van der Waals surface area contributed by atoms with Gasteiger partial charge in [0.1, 0.15) is 11.4 Å². The molecule has 0 saturated carbocycles. The Morgan fingerprint density at radius 2 is 1.89 bits per heavy atom. The summed E-state index contributed by atoms with van der Waals surface area (Å²) in [5.74, 6) is 0.754. The first-order chi connectivity index (χ1) is 13.6. The molecule has 0 aliphatic carbocycles. The van der Waals surface area contributed by atoms with E-state index in [9.17, 15) is 4.79 Å². The molecule has 0 atom stereocenters. The van der Waals surface area contributed by atoms with Crippen LogP contribution in [0.5, 0.6) is 5.75 Å². The van der Waals surface area contributed by atoms with Crippen LogP contribution in [-0.2, 0) is 13.1 Å². The number of carbonyl (C=O) groups is 1. The summed E-state index contributed by atoms with van der Waals surface area (Å²) in [6, 6.07) is 20.2. The average Bonchev–Trinajstić information content (AvgIpc) is 3.29. The van der Waals surface area contributed by atoms with E-state index in [-0.39, 0.29) is 5.91 Å². The number of benzene rings is 2. The van der Waals surface area contributed by atoms with Gasteiger partial charge in [-0.1, -0.05) is 42.0 Å². The third-order valence-corrected chi connectivity index (χ3v) is 5.62. The zero-order valence-electron chi connectivity index (χ0n) is 15.9. The zero-order valence-corrected chi connectivity index (χ0v) is 16.8. The van der Waals surface area contributed by atoms with Crippen molar-refractivity contribution in [3.05, 3.63) is 88.4 Å². The van der Waals surface area contributed by atoms with E-state index in [1.54, 1.807) is 18.4 Å². The molecule has 142 valence electrons. The standard InChI is InChI=1S/C23H22N2O2S/c1-16-5-3-6-17(11-16)14-24-23(26)21-13-22-20(9-10-28-22)25(21)15-18-7-4-8-19(12-18)27-2/h3-13H,14-15H2,1-2H3,(H,24,26). The van der Waals surface area contributed by atoms with E-state index in [0.29, 0.717) is 18.8 Å². The van der Waals surface area contributed by atoms with Gasteiger partial charge in [0, 0.05) is 13.1 Å². The smallest absolute Gasteiger partial charge is 0.268 e. The molecule has 1 amide bonds. The zero-order chi connectivity index (χ0) is 19.5. The third-order valence-electron chi connectivity index (χ3n) is 4.77. The van der Waals surface area contributed by atoms with Gasteiger partial charge in [0.2, 0.25) is 0 Å². The van der Waals surface area contributed by atoms with Crippen molar-refractivity contribution in [3.8, 4) is 5.75 Å². The summed E-state index contributed by atoms with van der Waals surface area (Å²) in [5.41, 5.74) is 5.14. The van der Waals surface area contributed by atoms with Crippen molar-refractivity contribution in [1.29, 1.82) is 0 Å². The lowest BCUT2D eigenvalue weighted by Gasteiger charge is -2.12. The fourth-order valence-corrected chi connectivity index (χ4v) is 4.21. The maximum absolute atomic E-state index is 13.0. The minimum atomic E-state index is -0.0622. The number of nitrogens with one attached hydrogen (secondary N) is 1. The Balaban J connectivity index is 1.60. The number of methoxy groups -OCH3 is 1. The van der Waals surface area contributed by atoms with Crippen LogP contribution in [0.25, 0.3) is 10.2 Å². The molecule has 0 saturated heterocycles. The summed E-state index contributed by atoms with van der Waals surface area (Å²) in [5, 5.41) is 5.12. The van der Waals surface area contributed by atoms with Crippen LogP contribution in [0.2, 0.25) is 0 Å². The molecule has 2 heterocycles. The molecule has 0 aliphatic rings. The summed E-state index contributed by atoms with van der Waals surface area (Å²) in [6.45, 7) is 3.18. The first-order valence-electron chi connectivity index (χ1n) is 9.17. The molecule has 4 nitrogen and oxygen atoms in total. The number of rotatable bonds is 6. The number of aromatic nitrogens is 1. The number of amides is 1. The van der Waals surface area contributed by atoms with Crippen molar-refractivity contribution < 1.29 is 9.53 Å². The first kappa shape index (κ1) is 18.3. The second-order valence-electron chi connectivity index (χ2n) is 6.81. The Kier molecular flexibility index (Phi) is 5.17. The monoisotopic (exact) mass is 390 g/mol. The van der Waals surface area contributed by atoms with Crippen LogP contribution in [-0.4, -0.2) is 17.6 Å². The van der Waals surface area contributed by atoms with Gasteiger partial charge in [-0.25, -0.2) is 0 Å². The lowest BCUT2D eigenvalue weighted by Crippen LogP contribution is -2.25. The highest BCUT2D eigenvalue weighted by molar-refractivity contribution is 7.17. The highest BCUT2D eigenvalue weighted by Crippen LogP contribution is 2.27. The number of hydrogen-bond acceptors (Lipinski definition) is 3. The van der Waals surface area contributed by atoms with Crippen LogP contribution in [0.3, 0.4) is 0 Å². The molecule has 2 aromatic heterocycles. The van der Waals surface area contributed by atoms with E-state index in [2.05, 4.69) is 46.5 Å². The summed E-state index contributed by atoms with van der Waals surface area (Å²) in [7, 11) is 1.66. The Morgan fingerprint density at radius 1 is 1.07 bits per heavy atom. The largest absolute Gasteiger partial charge is 0.497 e. The van der Waals surface area contributed by atoms with Crippen LogP contribution in [0, 0.1) is 6.92 Å². The maximum Gasteiger partial charge on any atom is 0.268 e. The van der Waals surface area contributed by atoms with Gasteiger partial charge in [-0.15, -0.1) is 11.3 Å². The van der Waals surface area contributed by atoms with Gasteiger partial charge in [-0.2, -0.15) is 0 Å². The Hall–Kier alpha value is -3.05. The van der Waals surface area contributed by atoms with Gasteiger partial charge in [0.05, 0.1) is 17.3 Å². The van der Waals surface area contributed by atoms with E-state index in [1.165, 1.54) is 5.56 Å². The Morgan fingerprint density at radius 3 is 2.71 bits per heavy atom. The molecule has 1 N–H and O–H groups in total. The molecular formula is C23H22N2O2S.